The average Bonchev–Trinajstić information content (AvgIpc) is 2.75. The summed E-state index contributed by atoms with van der Waals surface area (Å²) in [5, 5.41) is 43.1. The lowest BCUT2D eigenvalue weighted by molar-refractivity contribution is -0.0752. The number of nitrogens with zero attached hydrogens (tertiary/aromatic N) is 4. The molecule has 5 N–H and O–H groups in total. The Bertz CT molecular complexity index is 850. The third kappa shape index (κ3) is 1.18. The van der Waals surface area contributed by atoms with E-state index in [-0.39, 0.29) is 17.0 Å². The highest BCUT2D eigenvalue weighted by Crippen LogP contribution is 2.63. The van der Waals surface area contributed by atoms with Crippen LogP contribution in [-0.2, 0) is 4.74 Å². The summed E-state index contributed by atoms with van der Waals surface area (Å²) in [4.78, 5) is 3.67. The Morgan fingerprint density at radius 3 is 2.86 bits per heavy atom. The topological polar surface area (TPSA) is 150 Å². The first-order chi connectivity index (χ1) is 10.4. The second kappa shape index (κ2) is 3.71. The first kappa shape index (κ1) is 13.4. The van der Waals surface area contributed by atoms with Crippen molar-refractivity contribution in [3.63, 3.8) is 0 Å². The Morgan fingerprint density at radius 2 is 2.23 bits per heavy atom. The number of aromatic nitrogens is 3. The van der Waals surface area contributed by atoms with Crippen molar-refractivity contribution in [2.45, 2.75) is 29.5 Å². The third-order valence-electron chi connectivity index (χ3n) is 4.39. The van der Waals surface area contributed by atoms with Crippen molar-refractivity contribution in [2.24, 2.45) is 0 Å². The number of nitriles is 1. The molecule has 22 heavy (non-hydrogen) atoms. The minimum atomic E-state index is -2.12. The summed E-state index contributed by atoms with van der Waals surface area (Å²) in [5.41, 5.74) is 1.48. The van der Waals surface area contributed by atoms with Gasteiger partial charge in [-0.1, -0.05) is 0 Å². The molecule has 1 aliphatic heterocycles. The molecule has 10 heteroatoms. The van der Waals surface area contributed by atoms with E-state index in [0.29, 0.717) is 0 Å². The molecule has 0 bridgehead atoms. The van der Waals surface area contributed by atoms with E-state index in [2.05, 4.69) is 10.1 Å². The molecule has 2 aliphatic rings. The minimum absolute atomic E-state index is 0.0524. The largest absolute Gasteiger partial charge is 0.387 e. The molecule has 114 valence electrons. The van der Waals surface area contributed by atoms with Gasteiger partial charge < -0.3 is 25.8 Å². The van der Waals surface area contributed by atoms with E-state index in [9.17, 15) is 19.7 Å². The van der Waals surface area contributed by atoms with Gasteiger partial charge in [-0.3, -0.25) is 0 Å². The molecule has 0 radical (unpaired) electrons. The van der Waals surface area contributed by atoms with Crippen LogP contribution in [0.15, 0.2) is 12.4 Å². The van der Waals surface area contributed by atoms with Crippen LogP contribution in [0.2, 0.25) is 0 Å². The number of hydrogen-bond acceptors (Lipinski definition) is 8. The van der Waals surface area contributed by atoms with Crippen LogP contribution in [0.3, 0.4) is 0 Å². The molecule has 3 heterocycles. The Morgan fingerprint density at radius 1 is 1.50 bits per heavy atom. The van der Waals surface area contributed by atoms with Gasteiger partial charge in [-0.25, -0.2) is 13.9 Å². The molecule has 2 aromatic rings. The zero-order valence-corrected chi connectivity index (χ0v) is 10.9. The van der Waals surface area contributed by atoms with E-state index in [1.807, 2.05) is 0 Å². The van der Waals surface area contributed by atoms with E-state index in [1.54, 1.807) is 6.07 Å². The molecule has 0 aromatic carbocycles. The predicted molar refractivity (Wildman–Crippen MR) is 66.5 cm³/mol. The number of hydrogen-bond donors (Lipinski definition) is 4. The van der Waals surface area contributed by atoms with Crippen molar-refractivity contribution in [3.05, 3.63) is 23.9 Å². The van der Waals surface area contributed by atoms with Gasteiger partial charge in [-0.05, 0) is 0 Å². The number of nitrogen functional groups attached to an aromatic ring is 1. The fourth-order valence-corrected chi connectivity index (χ4v) is 3.12. The molecule has 9 nitrogen and oxygen atoms in total. The van der Waals surface area contributed by atoms with E-state index >= 15 is 0 Å². The summed E-state index contributed by atoms with van der Waals surface area (Å²) >= 11 is 0. The molecule has 5 atom stereocenters. The van der Waals surface area contributed by atoms with E-state index in [0.717, 1.165) is 16.9 Å². The van der Waals surface area contributed by atoms with Gasteiger partial charge in [0, 0.05) is 6.07 Å². The van der Waals surface area contributed by atoms with Crippen LogP contribution in [0.25, 0.3) is 5.52 Å². The number of rotatable bonds is 1. The number of halogens is 1. The minimum Gasteiger partial charge on any atom is -0.387 e. The highest BCUT2D eigenvalue weighted by Gasteiger charge is 2.88. The predicted octanol–water partition coefficient (Wildman–Crippen LogP) is -1.75. The maximum Gasteiger partial charge on any atom is 0.217 e. The normalized spacial score (nSPS) is 39.7. The van der Waals surface area contributed by atoms with Gasteiger partial charge in [0.05, 0.1) is 5.69 Å². The molecular formula is C12H10FN5O4. The number of aliphatic hydroxyl groups excluding tert-OH is 2. The molecule has 0 amide bonds. The summed E-state index contributed by atoms with van der Waals surface area (Å²) in [7, 11) is 0. The van der Waals surface area contributed by atoms with Crippen LogP contribution >= 0.6 is 0 Å². The summed E-state index contributed by atoms with van der Waals surface area (Å²) in [6.07, 6.45) is -3.32. The second-order valence-corrected chi connectivity index (χ2v) is 5.38. The molecule has 1 saturated carbocycles. The smallest absolute Gasteiger partial charge is 0.217 e. The molecule has 0 spiro atoms. The summed E-state index contributed by atoms with van der Waals surface area (Å²) in [6, 6.07) is 2.69. The van der Waals surface area contributed by atoms with E-state index in [1.165, 1.54) is 0 Å². The van der Waals surface area contributed by atoms with Crippen molar-refractivity contribution in [2.75, 3.05) is 5.73 Å². The fraction of sp³-hybridized carbons (Fsp3) is 0.417. The van der Waals surface area contributed by atoms with Gasteiger partial charge in [0.2, 0.25) is 5.60 Å². The average molecular weight is 307 g/mol. The van der Waals surface area contributed by atoms with Crippen molar-refractivity contribution in [1.29, 1.82) is 5.26 Å². The second-order valence-electron chi connectivity index (χ2n) is 5.38. The van der Waals surface area contributed by atoms with Crippen LogP contribution in [-0.4, -0.2) is 53.3 Å². The molecule has 4 rings (SSSR count). The summed E-state index contributed by atoms with van der Waals surface area (Å²) in [5.74, 6) is -0.840. The Kier molecular flexibility index (Phi) is 2.25. The molecule has 1 saturated heterocycles. The number of ether oxygens (including phenoxy) is 1. The summed E-state index contributed by atoms with van der Waals surface area (Å²) in [6.45, 7) is 0. The quantitative estimate of drug-likeness (QED) is 0.484. The standard InChI is InChI=1S/C12H10FN5O4/c13-4-1-5(18-6(4)9(15)16-3-17-18)7-8(19)12(21)10(20)11(12,2-14)22-7/h1,3,7-8,10,19-21H,(H2,15,16,17)/t7-,8-,10+,11+,12+/m0/s1. The van der Waals surface area contributed by atoms with Gasteiger partial charge >= 0.3 is 0 Å². The zero-order chi connectivity index (χ0) is 15.9. The molecule has 1 aliphatic carbocycles. The van der Waals surface area contributed by atoms with Crippen LogP contribution in [0.4, 0.5) is 10.2 Å². The first-order valence-corrected chi connectivity index (χ1v) is 6.33. The molecule has 2 fully saturated rings. The van der Waals surface area contributed by atoms with E-state index < -0.39 is 35.3 Å². The van der Waals surface area contributed by atoms with Crippen molar-refractivity contribution in [3.8, 4) is 6.07 Å². The van der Waals surface area contributed by atoms with E-state index in [4.69, 9.17) is 15.7 Å². The van der Waals surface area contributed by atoms with Gasteiger partial charge in [0.1, 0.15) is 36.2 Å². The van der Waals surface area contributed by atoms with Gasteiger partial charge in [-0.15, -0.1) is 0 Å². The third-order valence-corrected chi connectivity index (χ3v) is 4.39. The molecule has 0 unspecified atom stereocenters. The van der Waals surface area contributed by atoms with Crippen LogP contribution in [0.5, 0.6) is 0 Å². The zero-order valence-electron chi connectivity index (χ0n) is 10.9. The lowest BCUT2D eigenvalue weighted by atomic mass is 10.0. The van der Waals surface area contributed by atoms with Crippen molar-refractivity contribution < 1.29 is 24.4 Å². The molecule has 2 aromatic heterocycles. The maximum atomic E-state index is 14.0. The maximum absolute atomic E-state index is 14.0. The lowest BCUT2D eigenvalue weighted by Crippen LogP contribution is -2.35. The van der Waals surface area contributed by atoms with Gasteiger partial charge in [0.15, 0.2) is 17.2 Å². The Balaban J connectivity index is 1.86. The number of aliphatic hydroxyl groups is 3. The SMILES string of the molecule is N#C[C@]12O[C@@H](c3cc(F)c4c(N)ncnn34)[C@H](O)[C@@]1(O)[C@@H]2O. The van der Waals surface area contributed by atoms with Crippen LogP contribution in [0.1, 0.15) is 11.8 Å². The number of anilines is 1. The van der Waals surface area contributed by atoms with Crippen LogP contribution < -0.4 is 5.73 Å². The van der Waals surface area contributed by atoms with Gasteiger partial charge in [0.25, 0.3) is 0 Å². The Labute approximate surface area is 122 Å². The Hall–Kier alpha value is -2.32. The fourth-order valence-electron chi connectivity index (χ4n) is 3.12. The lowest BCUT2D eigenvalue weighted by Gasteiger charge is -2.20. The monoisotopic (exact) mass is 307 g/mol. The first-order valence-electron chi connectivity index (χ1n) is 6.33. The highest BCUT2D eigenvalue weighted by molar-refractivity contribution is 5.66. The number of fused-ring (bicyclic) bond motifs is 2. The van der Waals surface area contributed by atoms with Gasteiger partial charge in [-0.2, -0.15) is 10.4 Å². The van der Waals surface area contributed by atoms with Crippen LogP contribution in [0, 0.1) is 17.1 Å². The highest BCUT2D eigenvalue weighted by atomic mass is 19.1. The number of nitrogens with two attached hydrogens (primary N) is 1. The summed E-state index contributed by atoms with van der Waals surface area (Å²) < 4.78 is 20.4. The van der Waals surface area contributed by atoms with Crippen molar-refractivity contribution in [1.82, 2.24) is 14.6 Å². The van der Waals surface area contributed by atoms with Crippen molar-refractivity contribution >= 4 is 11.3 Å². The molecular weight excluding hydrogens is 297 g/mol.